The van der Waals surface area contributed by atoms with Gasteiger partial charge in [-0.2, -0.15) is 0 Å². The predicted molar refractivity (Wildman–Crippen MR) is 70.2 cm³/mol. The lowest BCUT2D eigenvalue weighted by molar-refractivity contribution is -0.137. The number of amides is 1. The van der Waals surface area contributed by atoms with Crippen molar-refractivity contribution in [3.63, 3.8) is 0 Å². The van der Waals surface area contributed by atoms with Crippen LogP contribution >= 0.6 is 0 Å². The molecule has 1 aliphatic carbocycles. The third-order valence-electron chi connectivity index (χ3n) is 3.82. The van der Waals surface area contributed by atoms with Crippen LogP contribution in [0.25, 0.3) is 0 Å². The summed E-state index contributed by atoms with van der Waals surface area (Å²) in [5, 5.41) is 11.6. The topological polar surface area (TPSA) is 66.4 Å². The second kappa shape index (κ2) is 7.39. The second-order valence-electron chi connectivity index (χ2n) is 5.61. The summed E-state index contributed by atoms with van der Waals surface area (Å²) in [5.41, 5.74) is 0. The van der Waals surface area contributed by atoms with Crippen LogP contribution < -0.4 is 5.32 Å². The first-order chi connectivity index (χ1) is 8.50. The highest BCUT2D eigenvalue weighted by atomic mass is 16.4. The monoisotopic (exact) mass is 255 g/mol. The van der Waals surface area contributed by atoms with Crippen molar-refractivity contribution in [3.05, 3.63) is 0 Å². The summed E-state index contributed by atoms with van der Waals surface area (Å²) in [6, 6.07) is 0.288. The van der Waals surface area contributed by atoms with Gasteiger partial charge in [0.15, 0.2) is 0 Å². The van der Waals surface area contributed by atoms with Crippen molar-refractivity contribution < 1.29 is 14.7 Å². The third kappa shape index (κ3) is 5.07. The molecule has 1 saturated carbocycles. The molecule has 1 aliphatic rings. The highest BCUT2D eigenvalue weighted by Gasteiger charge is 2.28. The molecule has 0 aromatic carbocycles. The Morgan fingerprint density at radius 2 is 1.89 bits per heavy atom. The fourth-order valence-corrected chi connectivity index (χ4v) is 2.82. The maximum absolute atomic E-state index is 11.8. The van der Waals surface area contributed by atoms with E-state index in [0.717, 1.165) is 6.42 Å². The van der Waals surface area contributed by atoms with Crippen LogP contribution in [-0.4, -0.2) is 23.0 Å². The maximum atomic E-state index is 11.8. The van der Waals surface area contributed by atoms with Gasteiger partial charge in [-0.05, 0) is 31.1 Å². The summed E-state index contributed by atoms with van der Waals surface area (Å²) < 4.78 is 0. The smallest absolute Gasteiger partial charge is 0.303 e. The standard InChI is InChI=1S/C14H25NO3/c1-10(2)11-6-3-4-7-12(11)15-13(16)8-5-9-14(17)18/h10-12H,3-9H2,1-2H3,(H,15,16)(H,17,18). The summed E-state index contributed by atoms with van der Waals surface area (Å²) >= 11 is 0. The van der Waals surface area contributed by atoms with Crippen molar-refractivity contribution >= 4 is 11.9 Å². The van der Waals surface area contributed by atoms with Crippen LogP contribution in [0.1, 0.15) is 58.8 Å². The summed E-state index contributed by atoms with van der Waals surface area (Å²) in [4.78, 5) is 22.1. The van der Waals surface area contributed by atoms with Gasteiger partial charge in [0, 0.05) is 18.9 Å². The Hall–Kier alpha value is -1.06. The average molecular weight is 255 g/mol. The first-order valence-electron chi connectivity index (χ1n) is 7.02. The van der Waals surface area contributed by atoms with Crippen LogP contribution in [0.2, 0.25) is 0 Å². The molecule has 2 N–H and O–H groups in total. The Bertz CT molecular complexity index is 289. The summed E-state index contributed by atoms with van der Waals surface area (Å²) in [5.74, 6) is 0.339. The number of carboxylic acid groups (broad SMARTS) is 1. The number of carbonyl (C=O) groups is 2. The van der Waals surface area contributed by atoms with Gasteiger partial charge >= 0.3 is 5.97 Å². The third-order valence-corrected chi connectivity index (χ3v) is 3.82. The fraction of sp³-hybridized carbons (Fsp3) is 0.857. The van der Waals surface area contributed by atoms with E-state index in [9.17, 15) is 9.59 Å². The number of rotatable bonds is 6. The lowest BCUT2D eigenvalue weighted by atomic mass is 9.78. The van der Waals surface area contributed by atoms with Gasteiger partial charge in [0.05, 0.1) is 0 Å². The van der Waals surface area contributed by atoms with E-state index >= 15 is 0 Å². The van der Waals surface area contributed by atoms with E-state index < -0.39 is 5.97 Å². The minimum Gasteiger partial charge on any atom is -0.481 e. The molecule has 0 saturated heterocycles. The second-order valence-corrected chi connectivity index (χ2v) is 5.61. The average Bonchev–Trinajstić information content (AvgIpc) is 2.28. The Morgan fingerprint density at radius 1 is 1.22 bits per heavy atom. The molecule has 104 valence electrons. The van der Waals surface area contributed by atoms with E-state index in [1.165, 1.54) is 19.3 Å². The van der Waals surface area contributed by atoms with Crippen molar-refractivity contribution in [1.29, 1.82) is 0 Å². The molecule has 1 fully saturated rings. The molecule has 0 bridgehead atoms. The number of hydrogen-bond donors (Lipinski definition) is 2. The molecule has 0 radical (unpaired) electrons. The van der Waals surface area contributed by atoms with E-state index in [0.29, 0.717) is 24.7 Å². The number of aliphatic carboxylic acids is 1. The minimum atomic E-state index is -0.833. The molecule has 0 aromatic rings. The molecular formula is C14H25NO3. The Kier molecular flexibility index (Phi) is 6.16. The van der Waals surface area contributed by atoms with Crippen LogP contribution in [0.5, 0.6) is 0 Å². The van der Waals surface area contributed by atoms with Gasteiger partial charge in [-0.25, -0.2) is 0 Å². The molecule has 0 spiro atoms. The van der Waals surface area contributed by atoms with Crippen molar-refractivity contribution in [3.8, 4) is 0 Å². The Labute approximate surface area is 109 Å². The van der Waals surface area contributed by atoms with Gasteiger partial charge in [0.1, 0.15) is 0 Å². The molecular weight excluding hydrogens is 230 g/mol. The van der Waals surface area contributed by atoms with Crippen LogP contribution in [0.3, 0.4) is 0 Å². The largest absolute Gasteiger partial charge is 0.481 e. The summed E-state index contributed by atoms with van der Waals surface area (Å²) in [7, 11) is 0. The minimum absolute atomic E-state index is 0.00815. The van der Waals surface area contributed by atoms with Gasteiger partial charge in [-0.15, -0.1) is 0 Å². The number of nitrogens with one attached hydrogen (secondary N) is 1. The van der Waals surface area contributed by atoms with Gasteiger partial charge in [-0.1, -0.05) is 26.7 Å². The SMILES string of the molecule is CC(C)C1CCCCC1NC(=O)CCCC(=O)O. The highest BCUT2D eigenvalue weighted by molar-refractivity contribution is 5.77. The molecule has 1 amide bonds. The van der Waals surface area contributed by atoms with Crippen LogP contribution in [0, 0.1) is 11.8 Å². The van der Waals surface area contributed by atoms with Gasteiger partial charge in [-0.3, -0.25) is 9.59 Å². The molecule has 0 aromatic heterocycles. The Balaban J connectivity index is 2.34. The van der Waals surface area contributed by atoms with Crippen molar-refractivity contribution in [2.24, 2.45) is 11.8 Å². The van der Waals surface area contributed by atoms with Crippen molar-refractivity contribution in [2.45, 2.75) is 64.8 Å². The Morgan fingerprint density at radius 3 is 2.50 bits per heavy atom. The maximum Gasteiger partial charge on any atom is 0.303 e. The number of carbonyl (C=O) groups excluding carboxylic acids is 1. The fourth-order valence-electron chi connectivity index (χ4n) is 2.82. The van der Waals surface area contributed by atoms with E-state index in [1.807, 2.05) is 0 Å². The molecule has 0 heterocycles. The molecule has 2 atom stereocenters. The normalized spacial score (nSPS) is 23.9. The van der Waals surface area contributed by atoms with Crippen molar-refractivity contribution in [2.75, 3.05) is 0 Å². The van der Waals surface area contributed by atoms with Gasteiger partial charge < -0.3 is 10.4 Å². The molecule has 1 rings (SSSR count). The molecule has 4 heteroatoms. The first-order valence-corrected chi connectivity index (χ1v) is 7.02. The van der Waals surface area contributed by atoms with E-state index in [2.05, 4.69) is 19.2 Å². The van der Waals surface area contributed by atoms with Crippen LogP contribution in [0.4, 0.5) is 0 Å². The summed E-state index contributed by atoms with van der Waals surface area (Å²) in [6.45, 7) is 4.42. The lowest BCUT2D eigenvalue weighted by Crippen LogP contribution is -2.43. The number of hydrogen-bond acceptors (Lipinski definition) is 2. The molecule has 0 aliphatic heterocycles. The highest BCUT2D eigenvalue weighted by Crippen LogP contribution is 2.30. The van der Waals surface area contributed by atoms with E-state index in [1.54, 1.807) is 0 Å². The summed E-state index contributed by atoms with van der Waals surface area (Å²) in [6.07, 6.45) is 5.53. The quantitative estimate of drug-likeness (QED) is 0.766. The predicted octanol–water partition coefficient (Wildman–Crippen LogP) is 2.57. The molecule has 18 heavy (non-hydrogen) atoms. The van der Waals surface area contributed by atoms with Gasteiger partial charge in [0.2, 0.25) is 5.91 Å². The first kappa shape index (κ1) is 15.0. The molecule has 4 nitrogen and oxygen atoms in total. The zero-order valence-electron chi connectivity index (χ0n) is 11.4. The van der Waals surface area contributed by atoms with E-state index in [-0.39, 0.29) is 18.4 Å². The lowest BCUT2D eigenvalue weighted by Gasteiger charge is -2.34. The zero-order chi connectivity index (χ0) is 13.5. The van der Waals surface area contributed by atoms with E-state index in [4.69, 9.17) is 5.11 Å². The molecule has 2 unspecified atom stereocenters. The van der Waals surface area contributed by atoms with Crippen LogP contribution in [-0.2, 0) is 9.59 Å². The zero-order valence-corrected chi connectivity index (χ0v) is 11.4. The van der Waals surface area contributed by atoms with Crippen LogP contribution in [0.15, 0.2) is 0 Å². The van der Waals surface area contributed by atoms with Crippen molar-refractivity contribution in [1.82, 2.24) is 5.32 Å². The number of carboxylic acids is 1. The van der Waals surface area contributed by atoms with Gasteiger partial charge in [0.25, 0.3) is 0 Å².